The first kappa shape index (κ1) is 25.0. The Bertz CT molecular complexity index is 2170. The summed E-state index contributed by atoms with van der Waals surface area (Å²) in [6.45, 7) is 0.613. The average Bonchev–Trinajstić information content (AvgIpc) is 3.52. The Balaban J connectivity index is 1.60. The lowest BCUT2D eigenvalue weighted by Gasteiger charge is -2.19. The van der Waals surface area contributed by atoms with Gasteiger partial charge in [0.1, 0.15) is 0 Å². The van der Waals surface area contributed by atoms with Gasteiger partial charge in [0.15, 0.2) is 0 Å². The lowest BCUT2D eigenvalue weighted by molar-refractivity contribution is 0.0927. The molecule has 2 amide bonds. The van der Waals surface area contributed by atoms with Crippen molar-refractivity contribution in [3.05, 3.63) is 162 Å². The molecule has 0 spiro atoms. The van der Waals surface area contributed by atoms with E-state index in [2.05, 4.69) is 41.0 Å². The molecule has 4 heteroatoms. The fourth-order valence-corrected chi connectivity index (χ4v) is 6.57. The van der Waals surface area contributed by atoms with E-state index >= 15 is 0 Å². The van der Waals surface area contributed by atoms with Gasteiger partial charge in [-0.1, -0.05) is 127 Å². The van der Waals surface area contributed by atoms with E-state index in [0.717, 1.165) is 49.6 Å². The molecule has 0 fully saturated rings. The Morgan fingerprint density at radius 3 is 1.63 bits per heavy atom. The highest BCUT2D eigenvalue weighted by Gasteiger charge is 2.43. The zero-order valence-corrected chi connectivity index (χ0v) is 23.3. The van der Waals surface area contributed by atoms with Crippen molar-refractivity contribution in [3.63, 3.8) is 0 Å². The minimum absolute atomic E-state index is 0.296. The van der Waals surface area contributed by atoms with Crippen molar-refractivity contribution >= 4 is 39.3 Å². The van der Waals surface area contributed by atoms with Crippen molar-refractivity contribution in [3.8, 4) is 22.3 Å². The van der Waals surface area contributed by atoms with Crippen molar-refractivity contribution in [2.75, 3.05) is 4.90 Å². The van der Waals surface area contributed by atoms with Gasteiger partial charge in [-0.2, -0.15) is 0 Å². The van der Waals surface area contributed by atoms with E-state index < -0.39 is 0 Å². The number of carbonyl (C=O) groups excluding carboxylic acids is 2. The molecule has 0 unspecified atom stereocenters. The van der Waals surface area contributed by atoms with Crippen LogP contribution in [0.15, 0.2) is 146 Å². The molecular weight excluding hydrogens is 528 g/mol. The van der Waals surface area contributed by atoms with Gasteiger partial charge >= 0.3 is 0 Å². The van der Waals surface area contributed by atoms with Gasteiger partial charge in [-0.15, -0.1) is 0 Å². The van der Waals surface area contributed by atoms with Crippen LogP contribution < -0.4 is 4.90 Å². The summed E-state index contributed by atoms with van der Waals surface area (Å²) in [5, 5.41) is 1.77. The average molecular weight is 555 g/mol. The molecule has 0 radical (unpaired) electrons. The fraction of sp³-hybridized carbons (Fsp3) is 0.0256. The van der Waals surface area contributed by atoms with E-state index in [1.807, 2.05) is 109 Å². The first-order valence-electron chi connectivity index (χ1n) is 14.4. The highest BCUT2D eigenvalue weighted by Crippen LogP contribution is 2.49. The second-order valence-corrected chi connectivity index (χ2v) is 10.8. The predicted octanol–water partition coefficient (Wildman–Crippen LogP) is 8.98. The number of carbonyl (C=O) groups is 2. The quantitative estimate of drug-likeness (QED) is 0.199. The maximum Gasteiger partial charge on any atom is 0.266 e. The summed E-state index contributed by atoms with van der Waals surface area (Å²) < 4.78 is 2.32. The molecule has 8 rings (SSSR count). The van der Waals surface area contributed by atoms with E-state index in [-0.39, 0.29) is 11.8 Å². The molecule has 0 aliphatic carbocycles. The minimum atomic E-state index is -0.302. The van der Waals surface area contributed by atoms with E-state index in [0.29, 0.717) is 23.4 Å². The number of benzene rings is 6. The minimum Gasteiger partial charge on any atom is -0.335 e. The number of para-hydroxylation sites is 2. The third kappa shape index (κ3) is 3.84. The number of hydrogen-bond acceptors (Lipinski definition) is 2. The van der Waals surface area contributed by atoms with E-state index in [9.17, 15) is 9.59 Å². The van der Waals surface area contributed by atoms with Gasteiger partial charge in [-0.25, -0.2) is 4.90 Å². The first-order valence-corrected chi connectivity index (χ1v) is 14.4. The van der Waals surface area contributed by atoms with Gasteiger partial charge in [0.25, 0.3) is 11.8 Å². The van der Waals surface area contributed by atoms with E-state index in [1.165, 1.54) is 4.90 Å². The highest BCUT2D eigenvalue weighted by atomic mass is 16.2. The zero-order valence-electron chi connectivity index (χ0n) is 23.3. The van der Waals surface area contributed by atoms with Crippen molar-refractivity contribution in [2.45, 2.75) is 6.54 Å². The largest absolute Gasteiger partial charge is 0.335 e. The highest BCUT2D eigenvalue weighted by molar-refractivity contribution is 6.42. The summed E-state index contributed by atoms with van der Waals surface area (Å²) in [5.41, 5.74) is 8.21. The maximum absolute atomic E-state index is 14.6. The molecule has 1 aliphatic rings. The maximum atomic E-state index is 14.6. The molecule has 43 heavy (non-hydrogen) atoms. The summed E-state index contributed by atoms with van der Waals surface area (Å²) in [6.07, 6.45) is 0. The van der Waals surface area contributed by atoms with Gasteiger partial charge in [-0.05, 0) is 34.9 Å². The Morgan fingerprint density at radius 1 is 0.465 bits per heavy atom. The molecule has 0 saturated heterocycles. The van der Waals surface area contributed by atoms with Crippen molar-refractivity contribution in [2.24, 2.45) is 0 Å². The summed E-state index contributed by atoms with van der Waals surface area (Å²) in [5.74, 6) is -0.598. The normalized spacial score (nSPS) is 12.8. The van der Waals surface area contributed by atoms with Crippen LogP contribution in [0.2, 0.25) is 0 Å². The third-order valence-electron chi connectivity index (χ3n) is 8.36. The van der Waals surface area contributed by atoms with Gasteiger partial charge in [-0.3, -0.25) is 9.59 Å². The number of imide groups is 1. The van der Waals surface area contributed by atoms with E-state index in [4.69, 9.17) is 0 Å². The molecule has 1 aliphatic heterocycles. The van der Waals surface area contributed by atoms with Crippen LogP contribution in [-0.4, -0.2) is 16.4 Å². The number of aromatic nitrogens is 1. The predicted molar refractivity (Wildman–Crippen MR) is 173 cm³/mol. The lowest BCUT2D eigenvalue weighted by Crippen LogP contribution is -2.29. The number of nitrogens with zero attached hydrogens (tertiary/aromatic N) is 2. The van der Waals surface area contributed by atoms with Gasteiger partial charge in [0, 0.05) is 34.0 Å². The Kier molecular flexibility index (Phi) is 5.80. The second kappa shape index (κ2) is 9.97. The molecule has 2 heterocycles. The summed E-state index contributed by atoms with van der Waals surface area (Å²) in [4.78, 5) is 30.5. The van der Waals surface area contributed by atoms with Crippen LogP contribution in [0.3, 0.4) is 0 Å². The zero-order chi connectivity index (χ0) is 28.9. The van der Waals surface area contributed by atoms with Gasteiger partial charge in [0.2, 0.25) is 0 Å². The van der Waals surface area contributed by atoms with Crippen LogP contribution in [0, 0.1) is 0 Å². The Morgan fingerprint density at radius 2 is 0.977 bits per heavy atom. The molecular formula is C39H26N2O2. The van der Waals surface area contributed by atoms with Crippen LogP contribution >= 0.6 is 0 Å². The monoisotopic (exact) mass is 554 g/mol. The number of fused-ring (bicyclic) bond motifs is 5. The summed E-state index contributed by atoms with van der Waals surface area (Å²) in [7, 11) is 0. The van der Waals surface area contributed by atoms with Crippen LogP contribution in [0.4, 0.5) is 5.69 Å². The van der Waals surface area contributed by atoms with E-state index in [1.54, 1.807) is 0 Å². The van der Waals surface area contributed by atoms with Gasteiger partial charge < -0.3 is 4.57 Å². The van der Waals surface area contributed by atoms with Gasteiger partial charge in [0.05, 0.1) is 22.3 Å². The number of amides is 2. The molecule has 0 saturated carbocycles. The third-order valence-corrected chi connectivity index (χ3v) is 8.36. The topological polar surface area (TPSA) is 42.3 Å². The van der Waals surface area contributed by atoms with Crippen LogP contribution in [0.1, 0.15) is 26.3 Å². The molecule has 0 bridgehead atoms. The summed E-state index contributed by atoms with van der Waals surface area (Å²) >= 11 is 0. The van der Waals surface area contributed by atoms with Crippen LogP contribution in [-0.2, 0) is 6.54 Å². The fourth-order valence-electron chi connectivity index (χ4n) is 6.57. The SMILES string of the molecule is O=C1c2c(-c3ccccc3)c(-c3ccccc3)c3c(c2C(=O)N1c1ccccc1)c1ccccc1n3Cc1ccccc1. The number of hydrogen-bond donors (Lipinski definition) is 0. The van der Waals surface area contributed by atoms with Crippen molar-refractivity contribution in [1.29, 1.82) is 0 Å². The number of rotatable bonds is 5. The smallest absolute Gasteiger partial charge is 0.266 e. The molecule has 0 atom stereocenters. The number of anilines is 1. The molecule has 0 N–H and O–H groups in total. The Labute approximate surface area is 249 Å². The van der Waals surface area contributed by atoms with Crippen molar-refractivity contribution in [1.82, 2.24) is 4.57 Å². The van der Waals surface area contributed by atoms with Crippen LogP contribution in [0.25, 0.3) is 44.1 Å². The first-order chi connectivity index (χ1) is 21.2. The second-order valence-electron chi connectivity index (χ2n) is 10.8. The molecule has 7 aromatic rings. The van der Waals surface area contributed by atoms with Crippen LogP contribution in [0.5, 0.6) is 0 Å². The molecule has 4 nitrogen and oxygen atoms in total. The van der Waals surface area contributed by atoms with Crippen molar-refractivity contribution < 1.29 is 9.59 Å². The summed E-state index contributed by atoms with van der Waals surface area (Å²) in [6, 6.07) is 48.0. The lowest BCUT2D eigenvalue weighted by atomic mass is 9.85. The Hall–Kier alpha value is -5.74. The standard InChI is InChI=1S/C39H26N2O2/c42-38-35-32(27-17-7-2-8-18-27)33(28-19-9-3-10-20-28)37-34(36(35)39(43)41(38)29-21-11-4-12-22-29)30-23-13-14-24-31(30)40(37)25-26-15-5-1-6-16-26/h1-24H,25H2. The molecule has 6 aromatic carbocycles. The molecule has 204 valence electrons. The molecule has 1 aromatic heterocycles.